The Balaban J connectivity index is 2.20. The number of methoxy groups -OCH3 is 1. The molecule has 0 unspecified atom stereocenters. The molecule has 0 bridgehead atoms. The van der Waals surface area contributed by atoms with E-state index in [1.807, 2.05) is 20.8 Å². The summed E-state index contributed by atoms with van der Waals surface area (Å²) in [7, 11) is 1.55. The zero-order chi connectivity index (χ0) is 20.1. The lowest BCUT2D eigenvalue weighted by molar-refractivity contribution is -0.117. The molecule has 1 aliphatic carbocycles. The molecule has 148 valence electrons. The number of rotatable bonds is 6. The van der Waals surface area contributed by atoms with Crippen LogP contribution in [-0.2, 0) is 4.79 Å². The maximum Gasteiger partial charge on any atom is 0.173 e. The van der Waals surface area contributed by atoms with Crippen molar-refractivity contribution in [3.05, 3.63) is 17.2 Å². The number of phenolic OH excluding ortho intramolecular Hbond substituents is 1. The topological polar surface area (TPSA) is 72.8 Å². The van der Waals surface area contributed by atoms with E-state index in [1.54, 1.807) is 7.11 Å². The average molecular weight is 374 g/mol. The minimum atomic E-state index is -0.732. The van der Waals surface area contributed by atoms with Crippen LogP contribution >= 0.6 is 0 Å². The van der Waals surface area contributed by atoms with Gasteiger partial charge < -0.3 is 19.4 Å². The van der Waals surface area contributed by atoms with Gasteiger partial charge in [0, 0.05) is 23.5 Å². The Morgan fingerprint density at radius 1 is 1.44 bits per heavy atom. The number of ether oxygens (including phenoxy) is 2. The molecule has 1 aromatic rings. The fourth-order valence-corrected chi connectivity index (χ4v) is 4.91. The fraction of sp³-hybridized carbons (Fsp3) is 0.636. The number of aromatic hydroxyl groups is 1. The van der Waals surface area contributed by atoms with Crippen molar-refractivity contribution in [1.82, 2.24) is 0 Å². The van der Waals surface area contributed by atoms with Gasteiger partial charge in [-0.3, -0.25) is 4.79 Å². The number of benzene rings is 1. The largest absolute Gasteiger partial charge is 0.507 e. The first-order valence-corrected chi connectivity index (χ1v) is 9.83. The van der Waals surface area contributed by atoms with Crippen LogP contribution in [0.15, 0.2) is 6.07 Å². The third kappa shape index (κ3) is 2.74. The van der Waals surface area contributed by atoms with E-state index in [4.69, 9.17) is 9.47 Å². The Hall–Kier alpha value is -2.04. The molecule has 27 heavy (non-hydrogen) atoms. The molecule has 0 aromatic heterocycles. The van der Waals surface area contributed by atoms with Gasteiger partial charge in [-0.2, -0.15) is 0 Å². The monoisotopic (exact) mass is 374 g/mol. The van der Waals surface area contributed by atoms with Crippen LogP contribution in [-0.4, -0.2) is 29.9 Å². The molecule has 0 spiro atoms. The molecular formula is C22H30O5. The summed E-state index contributed by atoms with van der Waals surface area (Å²) in [5.41, 5.74) is 0.311. The molecule has 2 aliphatic rings. The molecule has 5 nitrogen and oxygen atoms in total. The first-order valence-electron chi connectivity index (χ1n) is 9.83. The predicted octanol–water partition coefficient (Wildman–Crippen LogP) is 4.36. The van der Waals surface area contributed by atoms with Gasteiger partial charge >= 0.3 is 0 Å². The molecule has 1 saturated carbocycles. The van der Waals surface area contributed by atoms with Gasteiger partial charge in [0.1, 0.15) is 34.7 Å². The van der Waals surface area contributed by atoms with Gasteiger partial charge in [0.05, 0.1) is 13.0 Å². The number of carbonyl (C=O) groups excluding carboxylic acids is 2. The average Bonchev–Trinajstić information content (AvgIpc) is 3.07. The number of ketones is 1. The summed E-state index contributed by atoms with van der Waals surface area (Å²) >= 11 is 0. The number of hydrogen-bond acceptors (Lipinski definition) is 5. The van der Waals surface area contributed by atoms with Crippen molar-refractivity contribution in [2.75, 3.05) is 7.11 Å². The zero-order valence-corrected chi connectivity index (χ0v) is 17.0. The van der Waals surface area contributed by atoms with E-state index in [-0.39, 0.29) is 40.8 Å². The summed E-state index contributed by atoms with van der Waals surface area (Å²) in [6.07, 6.45) is 2.47. The second kappa shape index (κ2) is 6.84. The Bertz CT molecular complexity index is 768. The second-order valence-electron chi connectivity index (χ2n) is 8.53. The molecule has 1 aliphatic heterocycles. The van der Waals surface area contributed by atoms with Crippen molar-refractivity contribution in [3.63, 3.8) is 0 Å². The van der Waals surface area contributed by atoms with Gasteiger partial charge in [0.25, 0.3) is 0 Å². The molecule has 1 aromatic carbocycles. The summed E-state index contributed by atoms with van der Waals surface area (Å²) in [5, 5.41) is 10.6. The van der Waals surface area contributed by atoms with Crippen molar-refractivity contribution in [3.8, 4) is 17.2 Å². The Morgan fingerprint density at radius 3 is 2.63 bits per heavy atom. The van der Waals surface area contributed by atoms with Crippen molar-refractivity contribution >= 4 is 12.1 Å². The number of fused-ring (bicyclic) bond motifs is 3. The highest BCUT2D eigenvalue weighted by Crippen LogP contribution is 2.63. The standard InChI is InChI=1S/C22H30O5/c1-7-12(4)20(25)19-16(24)9-17(26-6)18-14-8-13(11(2)3)15(10-23)22(14,5)27-21(18)19/h9-15,24H,7-8H2,1-6H3/t12-,13+,14+,15+,22-/m0/s1. The molecule has 5 heteroatoms. The maximum absolute atomic E-state index is 13.0. The Morgan fingerprint density at radius 2 is 2.11 bits per heavy atom. The third-order valence-corrected chi connectivity index (χ3v) is 6.78. The van der Waals surface area contributed by atoms with Crippen molar-refractivity contribution in [2.24, 2.45) is 23.7 Å². The maximum atomic E-state index is 13.0. The number of hydrogen-bond donors (Lipinski definition) is 1. The summed E-state index contributed by atoms with van der Waals surface area (Å²) in [6.45, 7) is 9.98. The van der Waals surface area contributed by atoms with E-state index in [1.165, 1.54) is 6.07 Å². The van der Waals surface area contributed by atoms with E-state index in [0.717, 1.165) is 18.3 Å². The number of carbonyl (C=O) groups is 2. The lowest BCUT2D eigenvalue weighted by Crippen LogP contribution is -2.40. The van der Waals surface area contributed by atoms with Crippen molar-refractivity contribution in [1.29, 1.82) is 0 Å². The first-order chi connectivity index (χ1) is 12.7. The van der Waals surface area contributed by atoms with E-state index in [2.05, 4.69) is 13.8 Å². The molecule has 1 fully saturated rings. The van der Waals surface area contributed by atoms with Gasteiger partial charge in [0.15, 0.2) is 5.78 Å². The molecule has 3 rings (SSSR count). The summed E-state index contributed by atoms with van der Waals surface area (Å²) in [6, 6.07) is 1.52. The van der Waals surface area contributed by atoms with Gasteiger partial charge in [-0.1, -0.05) is 27.7 Å². The summed E-state index contributed by atoms with van der Waals surface area (Å²) in [4.78, 5) is 24.9. The normalized spacial score (nSPS) is 29.8. The third-order valence-electron chi connectivity index (χ3n) is 6.78. The lowest BCUT2D eigenvalue weighted by atomic mass is 9.81. The van der Waals surface area contributed by atoms with Crippen LogP contribution < -0.4 is 9.47 Å². The van der Waals surface area contributed by atoms with Crippen LogP contribution in [0, 0.1) is 23.7 Å². The van der Waals surface area contributed by atoms with Gasteiger partial charge in [0.2, 0.25) is 0 Å². The second-order valence-corrected chi connectivity index (χ2v) is 8.53. The van der Waals surface area contributed by atoms with E-state index >= 15 is 0 Å². The molecule has 5 atom stereocenters. The zero-order valence-electron chi connectivity index (χ0n) is 17.0. The SMILES string of the molecule is CC[C@H](C)C(=O)c1c(O)cc(OC)c2c1O[C@@]1(C)[C@@H]2C[C@H](C(C)C)[C@H]1C=O. The highest BCUT2D eigenvalue weighted by molar-refractivity contribution is 6.03. The predicted molar refractivity (Wildman–Crippen MR) is 103 cm³/mol. The number of phenols is 1. The minimum Gasteiger partial charge on any atom is -0.507 e. The Labute approximate surface area is 161 Å². The van der Waals surface area contributed by atoms with Crippen LogP contribution in [0.25, 0.3) is 0 Å². The lowest BCUT2D eigenvalue weighted by Gasteiger charge is -2.31. The van der Waals surface area contributed by atoms with Gasteiger partial charge in [-0.15, -0.1) is 0 Å². The van der Waals surface area contributed by atoms with E-state index in [0.29, 0.717) is 23.8 Å². The van der Waals surface area contributed by atoms with Crippen LogP contribution in [0.3, 0.4) is 0 Å². The molecular weight excluding hydrogens is 344 g/mol. The summed E-state index contributed by atoms with van der Waals surface area (Å²) in [5.74, 6) is 0.669. The summed E-state index contributed by atoms with van der Waals surface area (Å²) < 4.78 is 11.9. The van der Waals surface area contributed by atoms with Crippen LogP contribution in [0.1, 0.15) is 69.3 Å². The molecule has 0 saturated heterocycles. The smallest absolute Gasteiger partial charge is 0.173 e. The van der Waals surface area contributed by atoms with E-state index in [9.17, 15) is 14.7 Å². The molecule has 0 radical (unpaired) electrons. The van der Waals surface area contributed by atoms with Gasteiger partial charge in [-0.25, -0.2) is 0 Å². The van der Waals surface area contributed by atoms with Gasteiger partial charge in [-0.05, 0) is 31.6 Å². The van der Waals surface area contributed by atoms with Crippen LogP contribution in [0.5, 0.6) is 17.2 Å². The fourth-order valence-electron chi connectivity index (χ4n) is 4.91. The minimum absolute atomic E-state index is 0.0471. The van der Waals surface area contributed by atoms with Crippen molar-refractivity contribution < 1.29 is 24.2 Å². The van der Waals surface area contributed by atoms with Crippen molar-refractivity contribution in [2.45, 2.75) is 59.0 Å². The molecule has 1 N–H and O–H groups in total. The van der Waals surface area contributed by atoms with E-state index < -0.39 is 5.60 Å². The number of aldehydes is 1. The highest BCUT2D eigenvalue weighted by atomic mass is 16.5. The van der Waals surface area contributed by atoms with Crippen LogP contribution in [0.4, 0.5) is 0 Å². The first kappa shape index (κ1) is 19.7. The Kier molecular flexibility index (Phi) is 5.00. The number of Topliss-reactive ketones (excluding diaryl/α,β-unsaturated/α-hetero) is 1. The molecule has 1 heterocycles. The molecule has 0 amide bonds. The quantitative estimate of drug-likeness (QED) is 0.592. The highest BCUT2D eigenvalue weighted by Gasteiger charge is 2.61. The van der Waals surface area contributed by atoms with Crippen LogP contribution in [0.2, 0.25) is 0 Å².